The molecule has 0 aromatic heterocycles. The second-order valence-corrected chi connectivity index (χ2v) is 9.50. The molecule has 1 saturated heterocycles. The summed E-state index contributed by atoms with van der Waals surface area (Å²) in [5.41, 5.74) is 0. The Bertz CT molecular complexity index is 518. The fraction of sp³-hybridized carbons (Fsp3) is 0.938. The van der Waals surface area contributed by atoms with Crippen LogP contribution in [0.15, 0.2) is 0 Å². The zero-order valence-corrected chi connectivity index (χ0v) is 14.2. The minimum Gasteiger partial charge on any atom is -0.383 e. The van der Waals surface area contributed by atoms with E-state index in [0.717, 1.165) is 11.8 Å². The van der Waals surface area contributed by atoms with Crippen LogP contribution in [0.1, 0.15) is 38.5 Å². The molecule has 3 aliphatic rings. The van der Waals surface area contributed by atoms with Gasteiger partial charge in [0.25, 0.3) is 0 Å². The predicted molar refractivity (Wildman–Crippen MR) is 84.2 cm³/mol. The number of carbonyl (C=O) groups excluding carboxylic acids is 1. The molecule has 0 spiro atoms. The number of sulfone groups is 1. The number of carbonyl (C=O) groups is 1. The van der Waals surface area contributed by atoms with Crippen molar-refractivity contribution < 1.29 is 17.9 Å². The standard InChI is InChI=1S/C16H27NO4S/c1-21-6-5-17(15-4-7-22(19,20)11-15)16(18)10-14-9-12-2-3-13(14)8-12/h12-15H,2-11H2,1H3. The Balaban J connectivity index is 1.62. The average Bonchev–Trinajstić information content (AvgIpc) is 3.15. The monoisotopic (exact) mass is 329 g/mol. The predicted octanol–water partition coefficient (Wildman–Crippen LogP) is 1.47. The summed E-state index contributed by atoms with van der Waals surface area (Å²) in [6.07, 6.45) is 6.28. The van der Waals surface area contributed by atoms with Crippen molar-refractivity contribution in [3.05, 3.63) is 0 Å². The van der Waals surface area contributed by atoms with Gasteiger partial charge < -0.3 is 9.64 Å². The largest absolute Gasteiger partial charge is 0.383 e. The molecular formula is C16H27NO4S. The lowest BCUT2D eigenvalue weighted by Crippen LogP contribution is -2.44. The quantitative estimate of drug-likeness (QED) is 0.740. The average molecular weight is 329 g/mol. The van der Waals surface area contributed by atoms with Crippen LogP contribution in [-0.2, 0) is 19.4 Å². The normalized spacial score (nSPS) is 35.9. The number of amides is 1. The summed E-state index contributed by atoms with van der Waals surface area (Å²) in [6, 6.07) is -0.147. The summed E-state index contributed by atoms with van der Waals surface area (Å²) >= 11 is 0. The Morgan fingerprint density at radius 2 is 2.05 bits per heavy atom. The Labute approximate surface area is 133 Å². The van der Waals surface area contributed by atoms with Gasteiger partial charge in [-0.2, -0.15) is 0 Å². The van der Waals surface area contributed by atoms with Crippen LogP contribution in [0.5, 0.6) is 0 Å². The molecule has 4 unspecified atom stereocenters. The highest BCUT2D eigenvalue weighted by Crippen LogP contribution is 2.49. The maximum atomic E-state index is 12.8. The first-order chi connectivity index (χ1) is 10.5. The van der Waals surface area contributed by atoms with Gasteiger partial charge in [0.1, 0.15) is 0 Å². The van der Waals surface area contributed by atoms with Gasteiger partial charge in [-0.05, 0) is 43.4 Å². The minimum absolute atomic E-state index is 0.124. The molecule has 126 valence electrons. The molecule has 1 aliphatic heterocycles. The Hall–Kier alpha value is -0.620. The Morgan fingerprint density at radius 3 is 2.59 bits per heavy atom. The molecule has 1 amide bonds. The lowest BCUT2D eigenvalue weighted by atomic mass is 9.86. The molecule has 0 N–H and O–H groups in total. The van der Waals surface area contributed by atoms with Crippen molar-refractivity contribution in [1.82, 2.24) is 4.90 Å². The summed E-state index contributed by atoms with van der Waals surface area (Å²) in [5, 5.41) is 0. The van der Waals surface area contributed by atoms with Gasteiger partial charge in [-0.25, -0.2) is 8.42 Å². The van der Waals surface area contributed by atoms with E-state index < -0.39 is 9.84 Å². The van der Waals surface area contributed by atoms with Crippen molar-refractivity contribution in [3.63, 3.8) is 0 Å². The first-order valence-electron chi connectivity index (χ1n) is 8.47. The molecule has 0 aromatic carbocycles. The van der Waals surface area contributed by atoms with Gasteiger partial charge in [0, 0.05) is 26.1 Å². The van der Waals surface area contributed by atoms with E-state index in [1.54, 1.807) is 12.0 Å². The van der Waals surface area contributed by atoms with Crippen LogP contribution in [0.2, 0.25) is 0 Å². The summed E-state index contributed by atoms with van der Waals surface area (Å²) in [5.74, 6) is 2.56. The van der Waals surface area contributed by atoms with Crippen LogP contribution in [0.3, 0.4) is 0 Å². The topological polar surface area (TPSA) is 63.7 Å². The van der Waals surface area contributed by atoms with Crippen molar-refractivity contribution in [2.24, 2.45) is 17.8 Å². The third kappa shape index (κ3) is 3.48. The molecule has 22 heavy (non-hydrogen) atoms. The molecule has 1 heterocycles. The van der Waals surface area contributed by atoms with Gasteiger partial charge in [-0.15, -0.1) is 0 Å². The van der Waals surface area contributed by atoms with Gasteiger partial charge in [-0.1, -0.05) is 6.42 Å². The molecule has 3 rings (SSSR count). The second kappa shape index (κ2) is 6.48. The highest BCUT2D eigenvalue weighted by atomic mass is 32.2. The van der Waals surface area contributed by atoms with Crippen molar-refractivity contribution in [2.45, 2.75) is 44.6 Å². The minimum atomic E-state index is -2.97. The highest BCUT2D eigenvalue weighted by molar-refractivity contribution is 7.91. The summed E-state index contributed by atoms with van der Waals surface area (Å²) in [6.45, 7) is 0.981. The molecule has 4 atom stereocenters. The van der Waals surface area contributed by atoms with Crippen LogP contribution >= 0.6 is 0 Å². The number of hydrogen-bond donors (Lipinski definition) is 0. The van der Waals surface area contributed by atoms with E-state index in [1.807, 2.05) is 0 Å². The molecule has 2 bridgehead atoms. The molecule has 0 radical (unpaired) electrons. The van der Waals surface area contributed by atoms with E-state index in [2.05, 4.69) is 0 Å². The van der Waals surface area contributed by atoms with E-state index in [1.165, 1.54) is 25.7 Å². The van der Waals surface area contributed by atoms with E-state index in [0.29, 0.717) is 31.9 Å². The Morgan fingerprint density at radius 1 is 1.23 bits per heavy atom. The molecule has 6 heteroatoms. The van der Waals surface area contributed by atoms with Crippen LogP contribution in [0.25, 0.3) is 0 Å². The van der Waals surface area contributed by atoms with Crippen LogP contribution < -0.4 is 0 Å². The number of nitrogens with zero attached hydrogens (tertiary/aromatic N) is 1. The maximum absolute atomic E-state index is 12.8. The lowest BCUT2D eigenvalue weighted by Gasteiger charge is -2.30. The number of hydrogen-bond acceptors (Lipinski definition) is 4. The molecule has 3 fully saturated rings. The van der Waals surface area contributed by atoms with Crippen molar-refractivity contribution >= 4 is 15.7 Å². The van der Waals surface area contributed by atoms with Crippen LogP contribution in [0.4, 0.5) is 0 Å². The number of ether oxygens (including phenoxy) is 1. The van der Waals surface area contributed by atoms with Crippen molar-refractivity contribution in [3.8, 4) is 0 Å². The molecule has 2 saturated carbocycles. The zero-order valence-electron chi connectivity index (χ0n) is 13.4. The molecule has 0 aromatic rings. The van der Waals surface area contributed by atoms with E-state index in [4.69, 9.17) is 4.74 Å². The van der Waals surface area contributed by atoms with E-state index in [9.17, 15) is 13.2 Å². The fourth-order valence-corrected chi connectivity index (χ4v) is 6.42. The second-order valence-electron chi connectivity index (χ2n) is 7.28. The van der Waals surface area contributed by atoms with Gasteiger partial charge in [0.2, 0.25) is 5.91 Å². The van der Waals surface area contributed by atoms with Gasteiger partial charge in [-0.3, -0.25) is 4.79 Å². The van der Waals surface area contributed by atoms with Crippen molar-refractivity contribution in [2.75, 3.05) is 31.8 Å². The number of methoxy groups -OCH3 is 1. The van der Waals surface area contributed by atoms with Gasteiger partial charge >= 0.3 is 0 Å². The Kier molecular flexibility index (Phi) is 4.78. The third-order valence-corrected chi connectivity index (χ3v) is 7.58. The smallest absolute Gasteiger partial charge is 0.223 e. The summed E-state index contributed by atoms with van der Waals surface area (Å²) in [4.78, 5) is 14.5. The van der Waals surface area contributed by atoms with Gasteiger partial charge in [0.15, 0.2) is 9.84 Å². The van der Waals surface area contributed by atoms with E-state index >= 15 is 0 Å². The van der Waals surface area contributed by atoms with E-state index in [-0.39, 0.29) is 23.5 Å². The highest BCUT2D eigenvalue weighted by Gasteiger charge is 2.42. The van der Waals surface area contributed by atoms with Gasteiger partial charge in [0.05, 0.1) is 18.1 Å². The maximum Gasteiger partial charge on any atom is 0.223 e. The first kappa shape index (κ1) is 16.2. The summed E-state index contributed by atoms with van der Waals surface area (Å²) in [7, 11) is -1.35. The van der Waals surface area contributed by atoms with Crippen molar-refractivity contribution in [1.29, 1.82) is 0 Å². The molecule has 2 aliphatic carbocycles. The third-order valence-electron chi connectivity index (χ3n) is 5.83. The summed E-state index contributed by atoms with van der Waals surface area (Å²) < 4.78 is 28.6. The molecular weight excluding hydrogens is 302 g/mol. The lowest BCUT2D eigenvalue weighted by molar-refractivity contribution is -0.135. The zero-order chi connectivity index (χ0) is 15.7. The fourth-order valence-electron chi connectivity index (χ4n) is 4.69. The van der Waals surface area contributed by atoms with Crippen LogP contribution in [-0.4, -0.2) is 57.0 Å². The molecule has 5 nitrogen and oxygen atoms in total. The first-order valence-corrected chi connectivity index (χ1v) is 10.3. The number of rotatable bonds is 6. The van der Waals surface area contributed by atoms with Crippen LogP contribution in [0, 0.1) is 17.8 Å². The SMILES string of the molecule is COCCN(C(=O)CC1CC2CCC1C2)C1CCS(=O)(=O)C1. The number of fused-ring (bicyclic) bond motifs is 2.